The average molecular weight is 1100 g/mol. The summed E-state index contributed by atoms with van der Waals surface area (Å²) in [7, 11) is 0. The smallest absolute Gasteiger partial charge is 0.227 e. The summed E-state index contributed by atoms with van der Waals surface area (Å²) in [5, 5.41) is 6.33. The zero-order valence-electron chi connectivity index (χ0n) is 49.3. The molecule has 14 aromatic rings. The molecular formula is C79H65N3O3. The Bertz CT molecular complexity index is 4950. The molecule has 0 fully saturated rings. The number of rotatable bonds is 8. The molecule has 2 aliphatic rings. The van der Waals surface area contributed by atoms with Crippen LogP contribution in [-0.2, 0) is 28.1 Å². The fraction of sp³-hybridized carbons (Fsp3) is 0.177. The van der Waals surface area contributed by atoms with Gasteiger partial charge in [0.25, 0.3) is 0 Å². The first kappa shape index (κ1) is 51.0. The van der Waals surface area contributed by atoms with Gasteiger partial charge in [0.1, 0.15) is 27.9 Å². The van der Waals surface area contributed by atoms with Gasteiger partial charge in [-0.25, -0.2) is 4.98 Å². The van der Waals surface area contributed by atoms with Gasteiger partial charge in [0.15, 0.2) is 0 Å². The molecule has 0 spiro atoms. The maximum atomic E-state index is 7.53. The van der Waals surface area contributed by atoms with Gasteiger partial charge in [0, 0.05) is 73.9 Å². The number of aromatic nitrogens is 1. The highest BCUT2D eigenvalue weighted by Gasteiger charge is 2.52. The molecule has 16 rings (SSSR count). The fourth-order valence-corrected chi connectivity index (χ4v) is 14.6. The number of hydrogen-bond donors (Lipinski definition) is 0. The fourth-order valence-electron chi connectivity index (χ4n) is 14.6. The first-order valence-corrected chi connectivity index (χ1v) is 30.0. The molecule has 0 saturated carbocycles. The van der Waals surface area contributed by atoms with Crippen molar-refractivity contribution in [1.29, 1.82) is 0 Å². The molecule has 0 radical (unpaired) electrons. The molecule has 414 valence electrons. The van der Waals surface area contributed by atoms with Crippen molar-refractivity contribution in [2.75, 3.05) is 9.80 Å². The third-order valence-electron chi connectivity index (χ3n) is 18.8. The summed E-state index contributed by atoms with van der Waals surface area (Å²) >= 11 is 0. The maximum Gasteiger partial charge on any atom is 0.227 e. The zero-order chi connectivity index (χ0) is 57.7. The minimum atomic E-state index is -0.875. The van der Waals surface area contributed by atoms with Crippen LogP contribution in [0.25, 0.3) is 77.1 Å². The lowest BCUT2D eigenvalue weighted by atomic mass is 9.67. The van der Waals surface area contributed by atoms with Crippen LogP contribution >= 0.6 is 0 Å². The van der Waals surface area contributed by atoms with Crippen molar-refractivity contribution < 1.29 is 13.3 Å². The van der Waals surface area contributed by atoms with Gasteiger partial charge in [-0.15, -0.1) is 0 Å². The Balaban J connectivity index is 1.05. The van der Waals surface area contributed by atoms with Crippen LogP contribution in [0, 0.1) is 0 Å². The first-order chi connectivity index (χ1) is 41.1. The summed E-state index contributed by atoms with van der Waals surface area (Å²) in [6.07, 6.45) is 3.71. The number of nitrogens with zero attached hydrogens (tertiary/aromatic N) is 3. The minimum Gasteiger partial charge on any atom is -0.456 e. The number of pyridine rings is 1. The van der Waals surface area contributed by atoms with E-state index in [9.17, 15) is 0 Å². The van der Waals surface area contributed by atoms with Crippen molar-refractivity contribution in [2.24, 2.45) is 0 Å². The Hall–Kier alpha value is -9.65. The highest BCUT2D eigenvalue weighted by atomic mass is 16.3. The lowest BCUT2D eigenvalue weighted by Crippen LogP contribution is -2.29. The molecule has 0 unspecified atom stereocenters. The number of hydrogen-bond acceptors (Lipinski definition) is 6. The van der Waals surface area contributed by atoms with Gasteiger partial charge >= 0.3 is 0 Å². The molecule has 6 heteroatoms. The number of furan rings is 3. The average Bonchev–Trinajstić information content (AvgIpc) is 1.52. The molecule has 0 amide bonds. The first-order valence-electron chi connectivity index (χ1n) is 30.0. The molecule has 10 aromatic carbocycles. The quantitative estimate of drug-likeness (QED) is 0.151. The number of fused-ring (bicyclic) bond motifs is 15. The minimum absolute atomic E-state index is 0.0336. The topological polar surface area (TPSA) is 58.8 Å². The Labute approximate surface area is 495 Å². The van der Waals surface area contributed by atoms with E-state index in [0.717, 1.165) is 129 Å². The van der Waals surface area contributed by atoms with Crippen molar-refractivity contribution in [2.45, 2.75) is 89.9 Å². The second-order valence-corrected chi connectivity index (χ2v) is 26.3. The molecule has 0 N–H and O–H groups in total. The van der Waals surface area contributed by atoms with Gasteiger partial charge < -0.3 is 23.1 Å². The van der Waals surface area contributed by atoms with Gasteiger partial charge in [0.2, 0.25) is 5.71 Å². The lowest BCUT2D eigenvalue weighted by Gasteiger charge is -2.37. The normalized spacial score (nSPS) is 14.4. The third kappa shape index (κ3) is 7.66. The molecule has 0 atom stereocenters. The molecular weight excluding hydrogens is 1040 g/mol. The number of anilines is 6. The molecule has 0 bridgehead atoms. The van der Waals surface area contributed by atoms with E-state index in [0.29, 0.717) is 5.71 Å². The number of benzene rings is 10. The van der Waals surface area contributed by atoms with E-state index in [1.165, 1.54) is 33.4 Å². The zero-order valence-corrected chi connectivity index (χ0v) is 49.3. The molecule has 4 heterocycles. The summed E-state index contributed by atoms with van der Waals surface area (Å²) in [6.45, 7) is 18.6. The molecule has 4 aromatic heterocycles. The van der Waals surface area contributed by atoms with E-state index in [2.05, 4.69) is 271 Å². The summed E-state index contributed by atoms with van der Waals surface area (Å²) in [6, 6.07) is 80.4. The van der Waals surface area contributed by atoms with E-state index < -0.39 is 5.41 Å². The molecule has 2 aliphatic carbocycles. The Kier molecular flexibility index (Phi) is 11.1. The van der Waals surface area contributed by atoms with Crippen molar-refractivity contribution in [3.63, 3.8) is 0 Å². The van der Waals surface area contributed by atoms with Gasteiger partial charge in [-0.3, -0.25) is 0 Å². The largest absolute Gasteiger partial charge is 0.456 e. The van der Waals surface area contributed by atoms with Crippen molar-refractivity contribution in [3.05, 3.63) is 269 Å². The predicted molar refractivity (Wildman–Crippen MR) is 351 cm³/mol. The van der Waals surface area contributed by atoms with Crippen molar-refractivity contribution in [3.8, 4) is 11.1 Å². The molecule has 6 nitrogen and oxygen atoms in total. The Morgan fingerprint density at radius 2 is 0.882 bits per heavy atom. The highest BCUT2D eigenvalue weighted by molar-refractivity contribution is 6.20. The van der Waals surface area contributed by atoms with Crippen LogP contribution in [0.3, 0.4) is 0 Å². The maximum absolute atomic E-state index is 7.53. The van der Waals surface area contributed by atoms with Crippen LogP contribution in [-0.4, -0.2) is 4.98 Å². The summed E-state index contributed by atoms with van der Waals surface area (Å²) in [4.78, 5) is 10.0. The van der Waals surface area contributed by atoms with Crippen LogP contribution in [0.5, 0.6) is 0 Å². The standard InChI is InChI=1S/C79H65N3O3/c1-76(2,3)48-29-33-52(34-30-48)81(54-37-39-58-56-24-15-17-27-66(56)83-68(58)44-54)64-46-62-71(73-60(64)41-42-78(73,7)8)72-63(79(62,50-20-11-9-12-21-50)51-22-13-10-14-23-51)47-65(70-61-26-19-43-80-75(61)85-74(70)72)82(53-35-31-49(32-36-53)77(4,5)6)55-38-40-59-57-25-16-18-28-67(57)84-69(59)45-55/h9-40,43-47H,41-42H2,1-8H3. The van der Waals surface area contributed by atoms with E-state index in [1.54, 1.807) is 0 Å². The van der Waals surface area contributed by atoms with Crippen LogP contribution in [0.2, 0.25) is 0 Å². The second-order valence-electron chi connectivity index (χ2n) is 26.3. The SMILES string of the molecule is CC(C)(C)c1ccc(N(c2ccc3c(c2)oc2ccccc23)c2cc3c(c4c2CCC4(C)C)-c2c(cc(N(c4ccc(C(C)(C)C)cc4)c4ccc5c(c4)oc4ccccc45)c4c2oc2ncccc24)C3(c2ccccc2)c2ccccc2)cc1. The van der Waals surface area contributed by atoms with E-state index >= 15 is 0 Å². The second kappa shape index (κ2) is 18.4. The molecule has 85 heavy (non-hydrogen) atoms. The van der Waals surface area contributed by atoms with Crippen LogP contribution in [0.4, 0.5) is 34.1 Å². The van der Waals surface area contributed by atoms with Gasteiger partial charge in [-0.1, -0.05) is 177 Å². The lowest BCUT2D eigenvalue weighted by molar-refractivity contribution is 0.523. The van der Waals surface area contributed by atoms with Gasteiger partial charge in [-0.2, -0.15) is 0 Å². The van der Waals surface area contributed by atoms with E-state index in [-0.39, 0.29) is 16.2 Å². The van der Waals surface area contributed by atoms with Gasteiger partial charge in [0.05, 0.1) is 21.9 Å². The monoisotopic (exact) mass is 1100 g/mol. The van der Waals surface area contributed by atoms with Gasteiger partial charge in [-0.05, 0) is 164 Å². The molecule has 0 aliphatic heterocycles. The summed E-state index contributed by atoms with van der Waals surface area (Å²) in [5.74, 6) is 0. The Morgan fingerprint density at radius 3 is 1.42 bits per heavy atom. The predicted octanol–water partition coefficient (Wildman–Crippen LogP) is 21.9. The summed E-state index contributed by atoms with van der Waals surface area (Å²) < 4.78 is 21.0. The van der Waals surface area contributed by atoms with Crippen LogP contribution in [0.15, 0.2) is 238 Å². The van der Waals surface area contributed by atoms with E-state index in [1.807, 2.05) is 18.3 Å². The number of para-hydroxylation sites is 2. The third-order valence-corrected chi connectivity index (χ3v) is 18.8. The van der Waals surface area contributed by atoms with E-state index in [4.69, 9.17) is 18.2 Å². The Morgan fingerprint density at radius 1 is 0.424 bits per heavy atom. The van der Waals surface area contributed by atoms with Crippen molar-refractivity contribution in [1.82, 2.24) is 4.98 Å². The van der Waals surface area contributed by atoms with Crippen LogP contribution < -0.4 is 9.80 Å². The summed E-state index contributed by atoms with van der Waals surface area (Å²) in [5.41, 5.74) is 22.1. The highest BCUT2D eigenvalue weighted by Crippen LogP contribution is 2.66. The van der Waals surface area contributed by atoms with Crippen molar-refractivity contribution >= 4 is 100 Å². The van der Waals surface area contributed by atoms with Crippen LogP contribution in [0.1, 0.15) is 106 Å². The molecule has 0 saturated heterocycles.